The molecular formula is C19H36N4O. The van der Waals surface area contributed by atoms with Gasteiger partial charge >= 0.3 is 0 Å². The average Bonchev–Trinajstić information content (AvgIpc) is 2.66. The minimum absolute atomic E-state index is 0.214. The number of fused-ring (bicyclic) bond motifs is 3. The van der Waals surface area contributed by atoms with Crippen LogP contribution in [0.5, 0.6) is 0 Å². The van der Waals surface area contributed by atoms with Gasteiger partial charge in [-0.25, -0.2) is 0 Å². The van der Waals surface area contributed by atoms with Crippen LogP contribution in [0.4, 0.5) is 0 Å². The van der Waals surface area contributed by atoms with Gasteiger partial charge in [0.1, 0.15) is 0 Å². The second kappa shape index (κ2) is 5.92. The molecular weight excluding hydrogens is 300 g/mol. The van der Waals surface area contributed by atoms with E-state index in [0.717, 1.165) is 51.3 Å². The molecule has 3 heterocycles. The van der Waals surface area contributed by atoms with Gasteiger partial charge in [-0.05, 0) is 38.8 Å². The Kier molecular flexibility index (Phi) is 4.25. The molecule has 1 saturated carbocycles. The van der Waals surface area contributed by atoms with E-state index in [-0.39, 0.29) is 10.8 Å². The lowest BCUT2D eigenvalue weighted by molar-refractivity contribution is -0.207. The van der Waals surface area contributed by atoms with Crippen molar-refractivity contribution < 1.29 is 4.74 Å². The fourth-order valence-electron chi connectivity index (χ4n) is 6.93. The van der Waals surface area contributed by atoms with E-state index in [0.29, 0.717) is 12.1 Å². The summed E-state index contributed by atoms with van der Waals surface area (Å²) in [7, 11) is 4.53. The van der Waals surface area contributed by atoms with Crippen LogP contribution in [0.25, 0.3) is 0 Å². The van der Waals surface area contributed by atoms with E-state index < -0.39 is 0 Å². The normalized spacial score (nSPS) is 49.9. The third kappa shape index (κ3) is 2.64. The van der Waals surface area contributed by atoms with Crippen LogP contribution >= 0.6 is 0 Å². The predicted octanol–water partition coefficient (Wildman–Crippen LogP) is 0.902. The number of rotatable bonds is 4. The zero-order chi connectivity index (χ0) is 17.1. The molecule has 0 spiro atoms. The summed E-state index contributed by atoms with van der Waals surface area (Å²) in [6.45, 7) is 12.1. The zero-order valence-electron chi connectivity index (χ0n) is 16.0. The molecule has 3 aliphatic heterocycles. The lowest BCUT2D eigenvalue weighted by Crippen LogP contribution is -2.70. The van der Waals surface area contributed by atoms with Crippen molar-refractivity contribution in [2.24, 2.45) is 28.4 Å². The summed E-state index contributed by atoms with van der Waals surface area (Å²) in [5.74, 6) is 1.73. The van der Waals surface area contributed by atoms with E-state index in [1.807, 2.05) is 0 Å². The Bertz CT molecular complexity index is 448. The summed E-state index contributed by atoms with van der Waals surface area (Å²) in [6.07, 6.45) is 3.11. The van der Waals surface area contributed by atoms with Crippen molar-refractivity contribution in [1.82, 2.24) is 14.7 Å². The summed E-state index contributed by atoms with van der Waals surface area (Å²) in [5.41, 5.74) is 6.52. The molecule has 4 aliphatic rings. The van der Waals surface area contributed by atoms with Crippen molar-refractivity contribution in [3.63, 3.8) is 0 Å². The Balaban J connectivity index is 1.47. The highest BCUT2D eigenvalue weighted by atomic mass is 16.5. The number of likely N-dealkylation sites (tertiary alicyclic amines) is 3. The van der Waals surface area contributed by atoms with Gasteiger partial charge in [0.15, 0.2) is 0 Å². The molecule has 2 N–H and O–H groups in total. The van der Waals surface area contributed by atoms with E-state index in [9.17, 15) is 0 Å². The molecule has 1 aliphatic carbocycles. The Hall–Kier alpha value is -0.200. The van der Waals surface area contributed by atoms with Gasteiger partial charge < -0.3 is 20.3 Å². The third-order valence-corrected chi connectivity index (χ3v) is 7.35. The first-order chi connectivity index (χ1) is 11.3. The van der Waals surface area contributed by atoms with Crippen LogP contribution in [0.15, 0.2) is 0 Å². The molecule has 3 unspecified atom stereocenters. The van der Waals surface area contributed by atoms with E-state index in [1.165, 1.54) is 19.4 Å². The van der Waals surface area contributed by atoms with Crippen LogP contribution in [0.3, 0.4) is 0 Å². The molecule has 0 aromatic rings. The standard InChI is InChI=1S/C19H36N4O/c1-18-9-21(3)11-19(2,12-22(4)10-18)17(18)24-13-23-8-14-5-6-15(14)16(23)7-20/h14-17H,5-13,20H2,1-4H3. The van der Waals surface area contributed by atoms with Crippen LogP contribution in [-0.2, 0) is 4.74 Å². The zero-order valence-corrected chi connectivity index (χ0v) is 16.0. The number of hydrogen-bond donors (Lipinski definition) is 1. The molecule has 24 heavy (non-hydrogen) atoms. The quantitative estimate of drug-likeness (QED) is 0.826. The third-order valence-electron chi connectivity index (χ3n) is 7.35. The minimum atomic E-state index is 0.214. The van der Waals surface area contributed by atoms with Crippen LogP contribution in [0.1, 0.15) is 26.7 Å². The summed E-state index contributed by atoms with van der Waals surface area (Å²) in [4.78, 5) is 7.56. The van der Waals surface area contributed by atoms with Gasteiger partial charge in [0.05, 0.1) is 12.8 Å². The fraction of sp³-hybridized carbons (Fsp3) is 1.00. The highest BCUT2D eigenvalue weighted by molar-refractivity contribution is 5.08. The Morgan fingerprint density at radius 1 is 1.00 bits per heavy atom. The molecule has 3 saturated heterocycles. The Morgan fingerprint density at radius 2 is 1.58 bits per heavy atom. The van der Waals surface area contributed by atoms with E-state index >= 15 is 0 Å². The molecule has 4 fully saturated rings. The van der Waals surface area contributed by atoms with E-state index in [1.54, 1.807) is 0 Å². The number of nitrogens with zero attached hydrogens (tertiary/aromatic N) is 3. The molecule has 5 nitrogen and oxygen atoms in total. The second-order valence-electron chi connectivity index (χ2n) is 9.90. The fourth-order valence-corrected chi connectivity index (χ4v) is 6.93. The molecule has 2 bridgehead atoms. The highest BCUT2D eigenvalue weighted by Gasteiger charge is 2.56. The maximum absolute atomic E-state index is 6.71. The number of hydrogen-bond acceptors (Lipinski definition) is 5. The molecule has 0 radical (unpaired) electrons. The topological polar surface area (TPSA) is 45.0 Å². The smallest absolute Gasteiger partial charge is 0.0997 e. The van der Waals surface area contributed by atoms with Crippen LogP contribution in [0, 0.1) is 22.7 Å². The lowest BCUT2D eigenvalue weighted by atomic mass is 9.63. The van der Waals surface area contributed by atoms with Crippen molar-refractivity contribution in [3.05, 3.63) is 0 Å². The monoisotopic (exact) mass is 336 g/mol. The molecule has 138 valence electrons. The molecule has 5 heteroatoms. The van der Waals surface area contributed by atoms with Crippen molar-refractivity contribution in [3.8, 4) is 0 Å². The number of piperidine rings is 2. The van der Waals surface area contributed by atoms with Crippen LogP contribution in [-0.4, -0.2) is 86.9 Å². The molecule has 3 atom stereocenters. The second-order valence-corrected chi connectivity index (χ2v) is 9.90. The molecule has 4 rings (SSSR count). The first-order valence-corrected chi connectivity index (χ1v) is 9.77. The highest BCUT2D eigenvalue weighted by Crippen LogP contribution is 2.48. The Labute approximate surface area is 147 Å². The van der Waals surface area contributed by atoms with Crippen LogP contribution < -0.4 is 5.73 Å². The summed E-state index contributed by atoms with van der Waals surface area (Å²) >= 11 is 0. The summed E-state index contributed by atoms with van der Waals surface area (Å²) < 4.78 is 6.71. The van der Waals surface area contributed by atoms with Gasteiger partial charge in [0.2, 0.25) is 0 Å². The van der Waals surface area contributed by atoms with E-state index in [2.05, 4.69) is 42.6 Å². The average molecular weight is 337 g/mol. The van der Waals surface area contributed by atoms with Gasteiger partial charge in [0.25, 0.3) is 0 Å². The van der Waals surface area contributed by atoms with Crippen LogP contribution in [0.2, 0.25) is 0 Å². The summed E-state index contributed by atoms with van der Waals surface area (Å²) in [6, 6.07) is 0.554. The van der Waals surface area contributed by atoms with Crippen molar-refractivity contribution in [2.75, 3.05) is 60.1 Å². The lowest BCUT2D eigenvalue weighted by Gasteiger charge is -2.60. The molecule has 0 amide bonds. The SMILES string of the molecule is CN1CC2(C)CN(C)CC(C)(C1)C2OCN1CC2CCC2C1CN. The van der Waals surface area contributed by atoms with Gasteiger partial charge in [-0.15, -0.1) is 0 Å². The van der Waals surface area contributed by atoms with Crippen molar-refractivity contribution in [1.29, 1.82) is 0 Å². The minimum Gasteiger partial charge on any atom is -0.361 e. The number of nitrogens with two attached hydrogens (primary N) is 1. The van der Waals surface area contributed by atoms with Gasteiger partial charge in [0, 0.05) is 56.1 Å². The largest absolute Gasteiger partial charge is 0.361 e. The van der Waals surface area contributed by atoms with Gasteiger partial charge in [-0.1, -0.05) is 13.8 Å². The number of ether oxygens (including phenoxy) is 1. The van der Waals surface area contributed by atoms with Gasteiger partial charge in [-0.2, -0.15) is 0 Å². The Morgan fingerprint density at radius 3 is 2.04 bits per heavy atom. The first kappa shape index (κ1) is 17.2. The maximum atomic E-state index is 6.71. The van der Waals surface area contributed by atoms with E-state index in [4.69, 9.17) is 10.5 Å². The maximum Gasteiger partial charge on any atom is 0.0997 e. The molecule has 0 aromatic carbocycles. The van der Waals surface area contributed by atoms with Crippen molar-refractivity contribution in [2.45, 2.75) is 38.8 Å². The van der Waals surface area contributed by atoms with Gasteiger partial charge in [-0.3, -0.25) is 4.90 Å². The summed E-state index contributed by atoms with van der Waals surface area (Å²) in [5, 5.41) is 0. The molecule has 0 aromatic heterocycles. The van der Waals surface area contributed by atoms with Crippen molar-refractivity contribution >= 4 is 0 Å². The predicted molar refractivity (Wildman–Crippen MR) is 96.7 cm³/mol. The first-order valence-electron chi connectivity index (χ1n) is 9.77.